The molecular formula is C19H20N2O4. The van der Waals surface area contributed by atoms with E-state index in [1.807, 2.05) is 24.3 Å². The summed E-state index contributed by atoms with van der Waals surface area (Å²) >= 11 is 0. The Labute approximate surface area is 146 Å². The zero-order valence-corrected chi connectivity index (χ0v) is 14.2. The van der Waals surface area contributed by atoms with Crippen molar-refractivity contribution in [2.75, 3.05) is 20.8 Å². The minimum absolute atomic E-state index is 0.0962. The van der Waals surface area contributed by atoms with Gasteiger partial charge in [-0.25, -0.2) is 5.01 Å². The molecule has 0 saturated heterocycles. The van der Waals surface area contributed by atoms with Crippen LogP contribution < -0.4 is 9.47 Å². The number of hydrogen-bond acceptors (Lipinski definition) is 5. The first kappa shape index (κ1) is 16.8. The van der Waals surface area contributed by atoms with Crippen LogP contribution in [0, 0.1) is 0 Å². The molecule has 0 unspecified atom stereocenters. The van der Waals surface area contributed by atoms with Crippen LogP contribution in [-0.4, -0.2) is 42.5 Å². The average Bonchev–Trinajstić information content (AvgIpc) is 3.11. The molecule has 2 aromatic carbocycles. The van der Waals surface area contributed by atoms with Crippen molar-refractivity contribution in [3.05, 3.63) is 53.6 Å². The number of methoxy groups -OCH3 is 2. The summed E-state index contributed by atoms with van der Waals surface area (Å²) in [5.74, 6) is 1.34. The van der Waals surface area contributed by atoms with Gasteiger partial charge in [-0.1, -0.05) is 12.1 Å². The quantitative estimate of drug-likeness (QED) is 0.908. The van der Waals surface area contributed by atoms with Crippen LogP contribution in [0.5, 0.6) is 17.2 Å². The Morgan fingerprint density at radius 3 is 2.68 bits per heavy atom. The van der Waals surface area contributed by atoms with Crippen molar-refractivity contribution in [2.24, 2.45) is 5.10 Å². The van der Waals surface area contributed by atoms with E-state index in [4.69, 9.17) is 9.47 Å². The highest BCUT2D eigenvalue weighted by atomic mass is 16.5. The Morgan fingerprint density at radius 2 is 1.96 bits per heavy atom. The largest absolute Gasteiger partial charge is 0.508 e. The van der Waals surface area contributed by atoms with Crippen LogP contribution in [0.1, 0.15) is 17.5 Å². The molecule has 1 heterocycles. The number of ether oxygens (including phenoxy) is 2. The summed E-state index contributed by atoms with van der Waals surface area (Å²) in [7, 11) is 3.18. The molecule has 0 fully saturated rings. The summed E-state index contributed by atoms with van der Waals surface area (Å²) in [5, 5.41) is 15.4. The van der Waals surface area contributed by atoms with Crippen LogP contribution in [-0.2, 0) is 11.2 Å². The standard InChI is InChI=1S/C19H20N2O4/c1-24-17-7-6-14(12-18(17)25-2)16-8-9-21(20-16)19(23)11-13-4-3-5-15(22)10-13/h3-7,10,12,22H,8-9,11H2,1-2H3. The zero-order chi connectivity index (χ0) is 17.8. The van der Waals surface area contributed by atoms with E-state index >= 15 is 0 Å². The molecule has 130 valence electrons. The number of carbonyl (C=O) groups is 1. The summed E-state index contributed by atoms with van der Waals surface area (Å²) in [6.07, 6.45) is 0.887. The van der Waals surface area contributed by atoms with Gasteiger partial charge in [0, 0.05) is 12.0 Å². The zero-order valence-electron chi connectivity index (χ0n) is 14.2. The fourth-order valence-corrected chi connectivity index (χ4v) is 2.79. The van der Waals surface area contributed by atoms with Crippen molar-refractivity contribution in [2.45, 2.75) is 12.8 Å². The molecule has 6 nitrogen and oxygen atoms in total. The molecule has 1 amide bonds. The van der Waals surface area contributed by atoms with E-state index in [9.17, 15) is 9.90 Å². The predicted molar refractivity (Wildman–Crippen MR) is 94.2 cm³/mol. The van der Waals surface area contributed by atoms with Gasteiger partial charge >= 0.3 is 0 Å². The number of amides is 1. The molecule has 6 heteroatoms. The number of hydrogen-bond donors (Lipinski definition) is 1. The molecule has 0 radical (unpaired) electrons. The van der Waals surface area contributed by atoms with E-state index in [0.717, 1.165) is 16.8 Å². The molecule has 0 aromatic heterocycles. The lowest BCUT2D eigenvalue weighted by molar-refractivity contribution is -0.130. The highest BCUT2D eigenvalue weighted by molar-refractivity contribution is 6.03. The number of aromatic hydroxyl groups is 1. The Balaban J connectivity index is 1.74. The number of phenolic OH excluding ortho intramolecular Hbond substituents is 1. The van der Waals surface area contributed by atoms with Gasteiger partial charge < -0.3 is 14.6 Å². The first-order chi connectivity index (χ1) is 12.1. The third-order valence-electron chi connectivity index (χ3n) is 4.07. The van der Waals surface area contributed by atoms with E-state index in [0.29, 0.717) is 24.5 Å². The van der Waals surface area contributed by atoms with Gasteiger partial charge in [-0.3, -0.25) is 4.79 Å². The maximum atomic E-state index is 12.4. The summed E-state index contributed by atoms with van der Waals surface area (Å²) in [6, 6.07) is 12.3. The Kier molecular flexibility index (Phi) is 4.88. The molecule has 1 N–H and O–H groups in total. The van der Waals surface area contributed by atoms with Crippen LogP contribution in [0.25, 0.3) is 0 Å². The molecule has 0 atom stereocenters. The lowest BCUT2D eigenvalue weighted by Crippen LogP contribution is -2.25. The number of nitrogens with zero attached hydrogens (tertiary/aromatic N) is 2. The second-order valence-electron chi connectivity index (χ2n) is 5.73. The van der Waals surface area contributed by atoms with Crippen LogP contribution in [0.15, 0.2) is 47.6 Å². The van der Waals surface area contributed by atoms with Gasteiger partial charge in [-0.2, -0.15) is 5.10 Å². The minimum Gasteiger partial charge on any atom is -0.508 e. The van der Waals surface area contributed by atoms with Crippen molar-refractivity contribution in [3.63, 3.8) is 0 Å². The van der Waals surface area contributed by atoms with Gasteiger partial charge in [0.05, 0.1) is 32.9 Å². The minimum atomic E-state index is -0.0962. The number of phenols is 1. The highest BCUT2D eigenvalue weighted by Gasteiger charge is 2.22. The monoisotopic (exact) mass is 340 g/mol. The Morgan fingerprint density at radius 1 is 1.16 bits per heavy atom. The SMILES string of the molecule is COc1ccc(C2=NN(C(=O)Cc3cccc(O)c3)CC2)cc1OC. The van der Waals surface area contributed by atoms with Gasteiger partial charge in [0.15, 0.2) is 11.5 Å². The lowest BCUT2D eigenvalue weighted by Gasteiger charge is -2.11. The maximum Gasteiger partial charge on any atom is 0.247 e. The molecular weight excluding hydrogens is 320 g/mol. The highest BCUT2D eigenvalue weighted by Crippen LogP contribution is 2.29. The summed E-state index contributed by atoms with van der Waals surface area (Å²) < 4.78 is 10.6. The van der Waals surface area contributed by atoms with Gasteiger partial charge in [-0.05, 0) is 35.9 Å². The average molecular weight is 340 g/mol. The maximum absolute atomic E-state index is 12.4. The number of benzene rings is 2. The van der Waals surface area contributed by atoms with Crippen molar-refractivity contribution < 1.29 is 19.4 Å². The number of hydrazone groups is 1. The molecule has 1 aliphatic rings. The lowest BCUT2D eigenvalue weighted by atomic mass is 10.1. The summed E-state index contributed by atoms with van der Waals surface area (Å²) in [6.45, 7) is 0.543. The van der Waals surface area contributed by atoms with Crippen molar-refractivity contribution in [1.82, 2.24) is 5.01 Å². The Hall–Kier alpha value is -3.02. The number of rotatable bonds is 5. The second-order valence-corrected chi connectivity index (χ2v) is 5.73. The molecule has 0 aliphatic carbocycles. The van der Waals surface area contributed by atoms with Gasteiger partial charge in [-0.15, -0.1) is 0 Å². The fraction of sp³-hybridized carbons (Fsp3) is 0.263. The summed E-state index contributed by atoms with van der Waals surface area (Å²) in [5.41, 5.74) is 2.51. The topological polar surface area (TPSA) is 71.4 Å². The Bertz CT molecular complexity index is 817. The summed E-state index contributed by atoms with van der Waals surface area (Å²) in [4.78, 5) is 12.4. The van der Waals surface area contributed by atoms with Crippen molar-refractivity contribution >= 4 is 11.6 Å². The van der Waals surface area contributed by atoms with E-state index in [2.05, 4.69) is 5.10 Å². The number of carbonyl (C=O) groups excluding carboxylic acids is 1. The fourth-order valence-electron chi connectivity index (χ4n) is 2.79. The molecule has 0 saturated carbocycles. The van der Waals surface area contributed by atoms with Crippen molar-refractivity contribution in [1.29, 1.82) is 0 Å². The molecule has 0 bridgehead atoms. The van der Waals surface area contributed by atoms with E-state index in [1.165, 1.54) is 5.01 Å². The third kappa shape index (κ3) is 3.74. The van der Waals surface area contributed by atoms with E-state index in [1.54, 1.807) is 32.4 Å². The van der Waals surface area contributed by atoms with Gasteiger partial charge in [0.25, 0.3) is 0 Å². The van der Waals surface area contributed by atoms with Gasteiger partial charge in [0.2, 0.25) is 5.91 Å². The third-order valence-corrected chi connectivity index (χ3v) is 4.07. The predicted octanol–water partition coefficient (Wildman–Crippen LogP) is 2.59. The first-order valence-corrected chi connectivity index (χ1v) is 7.99. The van der Waals surface area contributed by atoms with Crippen LogP contribution >= 0.6 is 0 Å². The van der Waals surface area contributed by atoms with E-state index in [-0.39, 0.29) is 18.1 Å². The van der Waals surface area contributed by atoms with Crippen LogP contribution in [0.3, 0.4) is 0 Å². The molecule has 25 heavy (non-hydrogen) atoms. The van der Waals surface area contributed by atoms with Gasteiger partial charge in [0.1, 0.15) is 5.75 Å². The molecule has 2 aromatic rings. The van der Waals surface area contributed by atoms with E-state index < -0.39 is 0 Å². The molecule has 1 aliphatic heterocycles. The normalized spacial score (nSPS) is 13.5. The first-order valence-electron chi connectivity index (χ1n) is 7.99. The molecule has 0 spiro atoms. The second kappa shape index (κ2) is 7.25. The van der Waals surface area contributed by atoms with Crippen molar-refractivity contribution in [3.8, 4) is 17.2 Å². The molecule has 3 rings (SSSR count). The van der Waals surface area contributed by atoms with Crippen LogP contribution in [0.2, 0.25) is 0 Å². The smallest absolute Gasteiger partial charge is 0.247 e. The van der Waals surface area contributed by atoms with Crippen LogP contribution in [0.4, 0.5) is 0 Å².